The second-order valence-electron chi connectivity index (χ2n) is 4.45. The van der Waals surface area contributed by atoms with Crippen molar-refractivity contribution in [3.05, 3.63) is 64.5 Å². The molecule has 3 N–H and O–H groups in total. The topological polar surface area (TPSA) is 50.9 Å². The highest BCUT2D eigenvalue weighted by molar-refractivity contribution is 5.34. The number of pyridine rings is 1. The van der Waals surface area contributed by atoms with Crippen LogP contribution in [-0.4, -0.2) is 4.98 Å². The fraction of sp³-hybridized carbons (Fsp3) is 0.214. The van der Waals surface area contributed by atoms with Gasteiger partial charge in [-0.25, -0.2) is 14.2 Å². The number of nitrogens with one attached hydrogen (secondary N) is 1. The molecule has 0 spiro atoms. The third-order valence-electron chi connectivity index (χ3n) is 2.87. The van der Waals surface area contributed by atoms with Crippen molar-refractivity contribution < 1.29 is 8.78 Å². The van der Waals surface area contributed by atoms with Crippen LogP contribution in [0.2, 0.25) is 0 Å². The number of rotatable bonds is 3. The molecule has 0 saturated carbocycles. The van der Waals surface area contributed by atoms with E-state index in [0.717, 1.165) is 35.2 Å². The zero-order valence-corrected chi connectivity index (χ0v) is 10.7. The third-order valence-corrected chi connectivity index (χ3v) is 2.87. The Bertz CT molecular complexity index is 579. The lowest BCUT2D eigenvalue weighted by atomic mass is 9.98. The number of hydrogen-bond acceptors (Lipinski definition) is 3. The minimum atomic E-state index is -0.615. The van der Waals surface area contributed by atoms with Gasteiger partial charge in [-0.2, -0.15) is 0 Å². The van der Waals surface area contributed by atoms with E-state index in [1.54, 1.807) is 12.1 Å². The molecule has 0 aliphatic heterocycles. The number of aryl methyl sites for hydroxylation is 2. The minimum absolute atomic E-state index is 0.174. The SMILES string of the molecule is Cc1cc(C(NN)c2cc(F)ccc2F)cc(C)n1. The van der Waals surface area contributed by atoms with Crippen molar-refractivity contribution in [1.82, 2.24) is 10.4 Å². The maximum atomic E-state index is 13.8. The number of nitrogens with zero attached hydrogens (tertiary/aromatic N) is 1. The lowest BCUT2D eigenvalue weighted by molar-refractivity contribution is 0.545. The predicted octanol–water partition coefficient (Wildman–Crippen LogP) is 2.53. The normalized spacial score (nSPS) is 12.5. The highest BCUT2D eigenvalue weighted by atomic mass is 19.1. The summed E-state index contributed by atoms with van der Waals surface area (Å²) in [5.74, 6) is 4.49. The molecule has 2 rings (SSSR count). The van der Waals surface area contributed by atoms with Gasteiger partial charge < -0.3 is 0 Å². The van der Waals surface area contributed by atoms with E-state index in [4.69, 9.17) is 5.84 Å². The predicted molar refractivity (Wildman–Crippen MR) is 69.2 cm³/mol. The second-order valence-corrected chi connectivity index (χ2v) is 4.45. The van der Waals surface area contributed by atoms with Crippen molar-refractivity contribution >= 4 is 0 Å². The van der Waals surface area contributed by atoms with E-state index >= 15 is 0 Å². The van der Waals surface area contributed by atoms with Crippen LogP contribution in [0.4, 0.5) is 8.78 Å². The van der Waals surface area contributed by atoms with Crippen molar-refractivity contribution in [3.8, 4) is 0 Å². The summed E-state index contributed by atoms with van der Waals surface area (Å²) >= 11 is 0. The van der Waals surface area contributed by atoms with Gasteiger partial charge in [0.15, 0.2) is 0 Å². The van der Waals surface area contributed by atoms with Gasteiger partial charge in [0.25, 0.3) is 0 Å². The average molecular weight is 263 g/mol. The molecule has 0 aliphatic rings. The van der Waals surface area contributed by atoms with Crippen molar-refractivity contribution in [1.29, 1.82) is 0 Å². The lowest BCUT2D eigenvalue weighted by Gasteiger charge is -2.18. The molecule has 3 nitrogen and oxygen atoms in total. The third kappa shape index (κ3) is 2.94. The molecule has 19 heavy (non-hydrogen) atoms. The van der Waals surface area contributed by atoms with Gasteiger partial charge >= 0.3 is 0 Å². The zero-order chi connectivity index (χ0) is 14.0. The molecule has 100 valence electrons. The first-order chi connectivity index (χ1) is 9.01. The molecule has 1 unspecified atom stereocenters. The molecular formula is C14H15F2N3. The Morgan fingerprint density at radius 3 is 2.32 bits per heavy atom. The Balaban J connectivity index is 2.52. The molecule has 0 saturated heterocycles. The minimum Gasteiger partial charge on any atom is -0.271 e. The van der Waals surface area contributed by atoms with E-state index < -0.39 is 17.7 Å². The van der Waals surface area contributed by atoms with E-state index in [1.807, 2.05) is 13.8 Å². The Morgan fingerprint density at radius 2 is 1.74 bits per heavy atom. The van der Waals surface area contributed by atoms with E-state index in [-0.39, 0.29) is 5.56 Å². The molecule has 5 heteroatoms. The van der Waals surface area contributed by atoms with Crippen LogP contribution < -0.4 is 11.3 Å². The number of benzene rings is 1. The van der Waals surface area contributed by atoms with Crippen LogP contribution >= 0.6 is 0 Å². The summed E-state index contributed by atoms with van der Waals surface area (Å²) in [6.45, 7) is 3.68. The van der Waals surface area contributed by atoms with Gasteiger partial charge in [-0.3, -0.25) is 10.8 Å². The molecule has 1 aromatic heterocycles. The van der Waals surface area contributed by atoms with Gasteiger partial charge in [0, 0.05) is 17.0 Å². The molecule has 1 heterocycles. The maximum Gasteiger partial charge on any atom is 0.128 e. The first-order valence-electron chi connectivity index (χ1n) is 5.87. The molecule has 0 fully saturated rings. The Hall–Kier alpha value is -1.85. The summed E-state index contributed by atoms with van der Waals surface area (Å²) in [7, 11) is 0. The van der Waals surface area contributed by atoms with Gasteiger partial charge in [-0.05, 0) is 49.7 Å². The number of nitrogens with two attached hydrogens (primary N) is 1. The van der Waals surface area contributed by atoms with Crippen LogP contribution in [0.1, 0.15) is 28.6 Å². The van der Waals surface area contributed by atoms with Gasteiger partial charge in [0.2, 0.25) is 0 Å². The zero-order valence-electron chi connectivity index (χ0n) is 10.7. The number of aromatic nitrogens is 1. The Kier molecular flexibility index (Phi) is 3.87. The van der Waals surface area contributed by atoms with Gasteiger partial charge in [0.1, 0.15) is 11.6 Å². The van der Waals surface area contributed by atoms with Gasteiger partial charge in [0.05, 0.1) is 6.04 Å². The summed E-state index contributed by atoms with van der Waals surface area (Å²) in [6, 6.07) is 6.29. The maximum absolute atomic E-state index is 13.8. The molecule has 1 aromatic carbocycles. The van der Waals surface area contributed by atoms with E-state index in [9.17, 15) is 8.78 Å². The van der Waals surface area contributed by atoms with Crippen molar-refractivity contribution in [2.24, 2.45) is 5.84 Å². The fourth-order valence-corrected chi connectivity index (χ4v) is 2.13. The summed E-state index contributed by atoms with van der Waals surface area (Å²) in [6.07, 6.45) is 0. The highest BCUT2D eigenvalue weighted by Crippen LogP contribution is 2.25. The van der Waals surface area contributed by atoms with Crippen LogP contribution in [0.3, 0.4) is 0 Å². The fourth-order valence-electron chi connectivity index (χ4n) is 2.13. The smallest absolute Gasteiger partial charge is 0.128 e. The number of hydrazine groups is 1. The van der Waals surface area contributed by atoms with Crippen LogP contribution in [0.5, 0.6) is 0 Å². The van der Waals surface area contributed by atoms with Crippen LogP contribution in [-0.2, 0) is 0 Å². The molecule has 0 amide bonds. The van der Waals surface area contributed by atoms with Crippen LogP contribution in [0.15, 0.2) is 30.3 Å². The number of halogens is 2. The average Bonchev–Trinajstić information content (AvgIpc) is 2.33. The van der Waals surface area contributed by atoms with Crippen molar-refractivity contribution in [3.63, 3.8) is 0 Å². The van der Waals surface area contributed by atoms with Crippen molar-refractivity contribution in [2.75, 3.05) is 0 Å². The molecule has 1 atom stereocenters. The first-order valence-corrected chi connectivity index (χ1v) is 5.87. The molecular weight excluding hydrogens is 248 g/mol. The number of hydrogen-bond donors (Lipinski definition) is 2. The van der Waals surface area contributed by atoms with Crippen molar-refractivity contribution in [2.45, 2.75) is 19.9 Å². The summed E-state index contributed by atoms with van der Waals surface area (Å²) in [5.41, 5.74) is 5.04. The molecule has 0 bridgehead atoms. The molecule has 2 aromatic rings. The van der Waals surface area contributed by atoms with E-state index in [1.165, 1.54) is 0 Å². The molecule has 0 radical (unpaired) electrons. The first kappa shape index (κ1) is 13.6. The quantitative estimate of drug-likeness (QED) is 0.661. The van der Waals surface area contributed by atoms with E-state index in [2.05, 4.69) is 10.4 Å². The molecule has 0 aliphatic carbocycles. The monoisotopic (exact) mass is 263 g/mol. The second kappa shape index (κ2) is 5.42. The van der Waals surface area contributed by atoms with Crippen LogP contribution in [0, 0.1) is 25.5 Å². The van der Waals surface area contributed by atoms with Gasteiger partial charge in [-0.15, -0.1) is 0 Å². The van der Waals surface area contributed by atoms with Crippen LogP contribution in [0.25, 0.3) is 0 Å². The Morgan fingerprint density at radius 1 is 1.11 bits per heavy atom. The largest absolute Gasteiger partial charge is 0.271 e. The summed E-state index contributed by atoms with van der Waals surface area (Å²) < 4.78 is 27.1. The van der Waals surface area contributed by atoms with Gasteiger partial charge in [-0.1, -0.05) is 0 Å². The summed E-state index contributed by atoms with van der Waals surface area (Å²) in [5, 5.41) is 0. The summed E-state index contributed by atoms with van der Waals surface area (Å²) in [4.78, 5) is 4.25. The van der Waals surface area contributed by atoms with E-state index in [0.29, 0.717) is 0 Å². The standard InChI is InChI=1S/C14H15F2N3/c1-8-5-10(6-9(2)18-8)14(19-17)12-7-11(15)3-4-13(12)16/h3-7,14,19H,17H2,1-2H3. The highest BCUT2D eigenvalue weighted by Gasteiger charge is 2.18. The Labute approximate surface area is 110 Å². The lowest BCUT2D eigenvalue weighted by Crippen LogP contribution is -2.29.